The Morgan fingerprint density at radius 3 is 2.69 bits per heavy atom. The lowest BCUT2D eigenvalue weighted by Gasteiger charge is -2.38. The van der Waals surface area contributed by atoms with E-state index in [2.05, 4.69) is 21.7 Å². The molecule has 168 valence electrons. The summed E-state index contributed by atoms with van der Waals surface area (Å²) in [6.45, 7) is 3.15. The second-order valence-electron chi connectivity index (χ2n) is 8.44. The highest BCUT2D eigenvalue weighted by molar-refractivity contribution is 6.30. The van der Waals surface area contributed by atoms with E-state index in [1.165, 1.54) is 6.92 Å². The Labute approximate surface area is 192 Å². The average Bonchev–Trinajstić information content (AvgIpc) is 3.20. The first-order chi connectivity index (χ1) is 15.5. The van der Waals surface area contributed by atoms with Gasteiger partial charge in [-0.1, -0.05) is 41.9 Å². The van der Waals surface area contributed by atoms with Crippen LogP contribution in [0.25, 0.3) is 10.9 Å². The summed E-state index contributed by atoms with van der Waals surface area (Å²) in [5, 5.41) is 7.66. The molecule has 1 atom stereocenters. The van der Waals surface area contributed by atoms with E-state index in [1.807, 2.05) is 48.7 Å². The van der Waals surface area contributed by atoms with Gasteiger partial charge in [0.2, 0.25) is 11.8 Å². The molecule has 1 aromatic heterocycles. The van der Waals surface area contributed by atoms with Crippen molar-refractivity contribution >= 4 is 34.3 Å². The van der Waals surface area contributed by atoms with Gasteiger partial charge < -0.3 is 20.4 Å². The third-order valence-electron chi connectivity index (χ3n) is 6.28. The van der Waals surface area contributed by atoms with Crippen LogP contribution in [0, 0.1) is 0 Å². The third kappa shape index (κ3) is 4.97. The molecular formula is C25H28ClN3O3. The number of para-hydroxylation sites is 1. The number of amides is 2. The minimum atomic E-state index is -0.664. The molecule has 6 nitrogen and oxygen atoms in total. The predicted molar refractivity (Wildman–Crippen MR) is 126 cm³/mol. The summed E-state index contributed by atoms with van der Waals surface area (Å²) in [6, 6.07) is 15.1. The normalized spacial score (nSPS) is 16.4. The number of H-pyrrole nitrogens is 1. The molecule has 0 saturated carbocycles. The van der Waals surface area contributed by atoms with Crippen molar-refractivity contribution in [3.63, 3.8) is 0 Å². The fourth-order valence-electron chi connectivity index (χ4n) is 4.50. The van der Waals surface area contributed by atoms with Crippen molar-refractivity contribution in [3.05, 3.63) is 70.9 Å². The summed E-state index contributed by atoms with van der Waals surface area (Å²) in [6.07, 6.45) is 3.89. The minimum absolute atomic E-state index is 0.196. The van der Waals surface area contributed by atoms with Crippen molar-refractivity contribution in [2.75, 3.05) is 19.8 Å². The van der Waals surface area contributed by atoms with Gasteiger partial charge in [-0.05, 0) is 42.2 Å². The zero-order valence-electron chi connectivity index (χ0n) is 18.1. The summed E-state index contributed by atoms with van der Waals surface area (Å²) in [4.78, 5) is 28.3. The first kappa shape index (κ1) is 22.4. The number of aromatic nitrogens is 1. The van der Waals surface area contributed by atoms with Crippen LogP contribution in [0.4, 0.5) is 0 Å². The highest BCUT2D eigenvalue weighted by Gasteiger charge is 2.36. The largest absolute Gasteiger partial charge is 0.381 e. The van der Waals surface area contributed by atoms with Crippen LogP contribution in [-0.2, 0) is 26.2 Å². The summed E-state index contributed by atoms with van der Waals surface area (Å²) < 4.78 is 5.59. The van der Waals surface area contributed by atoms with E-state index >= 15 is 0 Å². The number of benzene rings is 2. The first-order valence-electron chi connectivity index (χ1n) is 10.9. The maximum Gasteiger partial charge on any atom is 0.242 e. The molecule has 1 aliphatic heterocycles. The smallest absolute Gasteiger partial charge is 0.242 e. The van der Waals surface area contributed by atoms with E-state index in [4.69, 9.17) is 16.3 Å². The Balaban J connectivity index is 1.52. The molecule has 0 aliphatic carbocycles. The van der Waals surface area contributed by atoms with E-state index in [9.17, 15) is 9.59 Å². The monoisotopic (exact) mass is 453 g/mol. The van der Waals surface area contributed by atoms with E-state index in [1.54, 1.807) is 0 Å². The van der Waals surface area contributed by atoms with Crippen LogP contribution in [0.15, 0.2) is 54.7 Å². The Bertz CT molecular complexity index is 1100. The quantitative estimate of drug-likeness (QED) is 0.509. The van der Waals surface area contributed by atoms with Crippen molar-refractivity contribution in [1.82, 2.24) is 15.6 Å². The van der Waals surface area contributed by atoms with Crippen molar-refractivity contribution in [3.8, 4) is 0 Å². The molecule has 2 heterocycles. The fraction of sp³-hybridized carbons (Fsp3) is 0.360. The summed E-state index contributed by atoms with van der Waals surface area (Å²) in [7, 11) is 0. The number of halogens is 1. The van der Waals surface area contributed by atoms with Crippen molar-refractivity contribution in [1.29, 1.82) is 0 Å². The SMILES string of the molecule is CC(=O)NC(Cc1c[nH]c2ccccc12)C(=O)NCC1(c2cccc(Cl)c2)CCOCC1. The first-order valence-corrected chi connectivity index (χ1v) is 11.3. The van der Waals surface area contributed by atoms with Crippen molar-refractivity contribution < 1.29 is 14.3 Å². The maximum absolute atomic E-state index is 13.2. The van der Waals surface area contributed by atoms with Crippen LogP contribution in [0.5, 0.6) is 0 Å². The van der Waals surface area contributed by atoms with Crippen molar-refractivity contribution in [2.45, 2.75) is 37.6 Å². The van der Waals surface area contributed by atoms with E-state index in [-0.39, 0.29) is 17.2 Å². The zero-order valence-corrected chi connectivity index (χ0v) is 18.9. The summed E-state index contributed by atoms with van der Waals surface area (Å²) >= 11 is 6.25. The van der Waals surface area contributed by atoms with Gasteiger partial charge in [0.25, 0.3) is 0 Å². The standard InChI is InChI=1S/C25H28ClN3O3/c1-17(30)29-23(13-18-15-27-22-8-3-2-7-21(18)22)24(31)28-16-25(9-11-32-12-10-25)19-5-4-6-20(26)14-19/h2-8,14-15,23,27H,9-13,16H2,1H3,(H,28,31)(H,29,30). The molecule has 4 rings (SSSR count). The summed E-state index contributed by atoms with van der Waals surface area (Å²) in [5.74, 6) is -0.431. The van der Waals surface area contributed by atoms with E-state index in [0.717, 1.165) is 34.9 Å². The molecule has 1 saturated heterocycles. The highest BCUT2D eigenvalue weighted by atomic mass is 35.5. The van der Waals surface area contributed by atoms with Gasteiger partial charge in [-0.25, -0.2) is 0 Å². The van der Waals surface area contributed by atoms with E-state index in [0.29, 0.717) is 31.2 Å². The number of carbonyl (C=O) groups is 2. The Hall–Kier alpha value is -2.83. The zero-order chi connectivity index (χ0) is 22.6. The number of carbonyl (C=O) groups excluding carboxylic acids is 2. The number of rotatable bonds is 7. The van der Waals surface area contributed by atoms with Gasteiger partial charge in [0.1, 0.15) is 6.04 Å². The van der Waals surface area contributed by atoms with Crippen LogP contribution in [-0.4, -0.2) is 42.6 Å². The van der Waals surface area contributed by atoms with Gasteiger partial charge in [0.15, 0.2) is 0 Å². The Morgan fingerprint density at radius 1 is 1.16 bits per heavy atom. The topological polar surface area (TPSA) is 83.2 Å². The third-order valence-corrected chi connectivity index (χ3v) is 6.52. The molecule has 1 unspecified atom stereocenters. The average molecular weight is 454 g/mol. The van der Waals surface area contributed by atoms with Gasteiger partial charge in [-0.15, -0.1) is 0 Å². The van der Waals surface area contributed by atoms with Gasteiger partial charge in [-0.3, -0.25) is 9.59 Å². The van der Waals surface area contributed by atoms with Gasteiger partial charge in [0.05, 0.1) is 0 Å². The molecule has 1 fully saturated rings. The van der Waals surface area contributed by atoms with Crippen LogP contribution in [0.1, 0.15) is 30.9 Å². The van der Waals surface area contributed by atoms with Crippen molar-refractivity contribution in [2.24, 2.45) is 0 Å². The van der Waals surface area contributed by atoms with Gasteiger partial charge in [-0.2, -0.15) is 0 Å². The van der Waals surface area contributed by atoms with Crippen LogP contribution < -0.4 is 10.6 Å². The molecule has 2 aromatic carbocycles. The number of fused-ring (bicyclic) bond motifs is 1. The number of aromatic amines is 1. The second-order valence-corrected chi connectivity index (χ2v) is 8.87. The lowest BCUT2D eigenvalue weighted by Crippen LogP contribution is -2.51. The van der Waals surface area contributed by atoms with Crippen LogP contribution in [0.2, 0.25) is 5.02 Å². The van der Waals surface area contributed by atoms with E-state index < -0.39 is 6.04 Å². The number of hydrogen-bond acceptors (Lipinski definition) is 3. The molecule has 0 spiro atoms. The molecule has 3 N–H and O–H groups in total. The maximum atomic E-state index is 13.2. The molecule has 32 heavy (non-hydrogen) atoms. The number of hydrogen-bond donors (Lipinski definition) is 3. The van der Waals surface area contributed by atoms with Crippen LogP contribution >= 0.6 is 11.6 Å². The molecule has 1 aliphatic rings. The number of nitrogens with one attached hydrogen (secondary N) is 3. The lowest BCUT2D eigenvalue weighted by molar-refractivity contribution is -0.128. The van der Waals surface area contributed by atoms with Gasteiger partial charge in [0, 0.05) is 60.6 Å². The summed E-state index contributed by atoms with van der Waals surface area (Å²) in [5.41, 5.74) is 2.85. The van der Waals surface area contributed by atoms with Crippen LogP contribution in [0.3, 0.4) is 0 Å². The lowest BCUT2D eigenvalue weighted by atomic mass is 9.74. The molecular weight excluding hydrogens is 426 g/mol. The number of ether oxygens (including phenoxy) is 1. The highest BCUT2D eigenvalue weighted by Crippen LogP contribution is 2.35. The minimum Gasteiger partial charge on any atom is -0.381 e. The fourth-order valence-corrected chi connectivity index (χ4v) is 4.69. The Morgan fingerprint density at radius 2 is 1.94 bits per heavy atom. The molecule has 0 bridgehead atoms. The second kappa shape index (κ2) is 9.76. The molecule has 2 amide bonds. The Kier molecular flexibility index (Phi) is 6.82. The molecule has 0 radical (unpaired) electrons. The van der Waals surface area contributed by atoms with Gasteiger partial charge >= 0.3 is 0 Å². The molecule has 7 heteroatoms. The predicted octanol–water partition coefficient (Wildman–Crippen LogP) is 3.73. The molecule has 3 aromatic rings.